The van der Waals surface area contributed by atoms with Crippen LogP contribution in [-0.2, 0) is 19.3 Å². The molecule has 0 saturated carbocycles. The molecule has 0 aliphatic rings. The molecule has 1 aromatic rings. The summed E-state index contributed by atoms with van der Waals surface area (Å²) < 4.78 is 0. The first-order valence-electron chi connectivity index (χ1n) is 6.98. The van der Waals surface area contributed by atoms with Crippen LogP contribution >= 0.6 is 0 Å². The maximum atomic E-state index is 2.40. The van der Waals surface area contributed by atoms with Gasteiger partial charge in [-0.05, 0) is 48.3 Å². The van der Waals surface area contributed by atoms with E-state index >= 15 is 0 Å². The van der Waals surface area contributed by atoms with Crippen molar-refractivity contribution in [3.8, 4) is 0 Å². The van der Waals surface area contributed by atoms with E-state index in [2.05, 4.69) is 58.0 Å². The Labute approximate surface area is 107 Å². The van der Waals surface area contributed by atoms with Gasteiger partial charge in [0.1, 0.15) is 0 Å². The molecule has 1 atom stereocenters. The fourth-order valence-corrected chi connectivity index (χ4v) is 2.22. The third kappa shape index (κ3) is 4.38. The van der Waals surface area contributed by atoms with Crippen LogP contribution in [0.15, 0.2) is 30.4 Å². The summed E-state index contributed by atoms with van der Waals surface area (Å²) in [7, 11) is 0. The number of rotatable bonds is 6. The number of allylic oxidation sites excluding steroid dienone is 2. The molecule has 0 spiro atoms. The predicted octanol–water partition coefficient (Wildman–Crippen LogP) is 4.96. The molecule has 0 fully saturated rings. The highest BCUT2D eigenvalue weighted by molar-refractivity contribution is 5.33. The molecule has 0 aliphatic carbocycles. The lowest BCUT2D eigenvalue weighted by Crippen LogP contribution is -2.01. The quantitative estimate of drug-likeness (QED) is 0.606. The van der Waals surface area contributed by atoms with Gasteiger partial charge in [0.2, 0.25) is 0 Å². The zero-order valence-electron chi connectivity index (χ0n) is 11.8. The minimum absolute atomic E-state index is 0.646. The van der Waals surface area contributed by atoms with Gasteiger partial charge in [0.05, 0.1) is 0 Å². The maximum Gasteiger partial charge on any atom is -0.0215 e. The minimum atomic E-state index is 0.646. The van der Waals surface area contributed by atoms with Gasteiger partial charge in [-0.15, -0.1) is 0 Å². The van der Waals surface area contributed by atoms with E-state index in [4.69, 9.17) is 0 Å². The van der Waals surface area contributed by atoms with E-state index in [1.54, 1.807) is 5.56 Å². The van der Waals surface area contributed by atoms with Gasteiger partial charge in [-0.25, -0.2) is 0 Å². The minimum Gasteiger partial charge on any atom is -0.0885 e. The third-order valence-electron chi connectivity index (χ3n) is 3.30. The van der Waals surface area contributed by atoms with Gasteiger partial charge in [0, 0.05) is 0 Å². The van der Waals surface area contributed by atoms with E-state index in [1.807, 2.05) is 0 Å². The molecule has 0 nitrogen and oxygen atoms in total. The Morgan fingerprint density at radius 1 is 1.06 bits per heavy atom. The monoisotopic (exact) mass is 230 g/mol. The molecule has 0 saturated heterocycles. The topological polar surface area (TPSA) is 0 Å². The highest BCUT2D eigenvalue weighted by Gasteiger charge is 2.05. The van der Waals surface area contributed by atoms with Crippen molar-refractivity contribution in [1.29, 1.82) is 0 Å². The van der Waals surface area contributed by atoms with Crippen LogP contribution in [-0.4, -0.2) is 0 Å². The molecule has 0 N–H and O–H groups in total. The number of hydrogen-bond acceptors (Lipinski definition) is 0. The molecule has 0 heteroatoms. The van der Waals surface area contributed by atoms with Crippen LogP contribution in [0.1, 0.15) is 50.8 Å². The number of benzene rings is 1. The second kappa shape index (κ2) is 7.32. The zero-order chi connectivity index (χ0) is 12.7. The lowest BCUT2D eigenvalue weighted by Gasteiger charge is -2.13. The van der Waals surface area contributed by atoms with Crippen molar-refractivity contribution in [2.24, 2.45) is 5.92 Å². The summed E-state index contributed by atoms with van der Waals surface area (Å²) in [4.78, 5) is 0. The molecule has 1 rings (SSSR count). The normalized spacial score (nSPS) is 13.2. The lowest BCUT2D eigenvalue weighted by molar-refractivity contribution is 0.713. The first-order chi connectivity index (χ1) is 8.21. The molecule has 1 aromatic carbocycles. The highest BCUT2D eigenvalue weighted by atomic mass is 14.1. The van der Waals surface area contributed by atoms with Crippen LogP contribution in [0.4, 0.5) is 0 Å². The SMILES string of the molecule is CC/C=C\C(C)Cc1cc(CC)ccc1CC. The Hall–Kier alpha value is -1.04. The average molecular weight is 230 g/mol. The van der Waals surface area contributed by atoms with Crippen LogP contribution < -0.4 is 0 Å². The summed E-state index contributed by atoms with van der Waals surface area (Å²) in [5.41, 5.74) is 4.52. The Bertz CT molecular complexity index is 360. The summed E-state index contributed by atoms with van der Waals surface area (Å²) in [5, 5.41) is 0. The highest BCUT2D eigenvalue weighted by Crippen LogP contribution is 2.18. The maximum absolute atomic E-state index is 2.40. The second-order valence-corrected chi connectivity index (χ2v) is 4.83. The summed E-state index contributed by atoms with van der Waals surface area (Å²) in [6, 6.07) is 6.98. The van der Waals surface area contributed by atoms with Gasteiger partial charge in [-0.1, -0.05) is 58.0 Å². The van der Waals surface area contributed by atoms with E-state index < -0.39 is 0 Å². The van der Waals surface area contributed by atoms with Gasteiger partial charge in [0.15, 0.2) is 0 Å². The van der Waals surface area contributed by atoms with Crippen molar-refractivity contribution < 1.29 is 0 Å². The van der Waals surface area contributed by atoms with Crippen molar-refractivity contribution in [2.75, 3.05) is 0 Å². The van der Waals surface area contributed by atoms with Gasteiger partial charge in [-0.2, -0.15) is 0 Å². The van der Waals surface area contributed by atoms with Crippen LogP contribution in [0, 0.1) is 5.92 Å². The summed E-state index contributed by atoms with van der Waals surface area (Å²) in [6.07, 6.45) is 9.21. The molecule has 0 bridgehead atoms. The average Bonchev–Trinajstić information content (AvgIpc) is 2.36. The van der Waals surface area contributed by atoms with E-state index in [9.17, 15) is 0 Å². The largest absolute Gasteiger partial charge is 0.0885 e. The standard InChI is InChI=1S/C17H26/c1-5-8-9-14(4)12-17-13-15(6-2)10-11-16(17)7-3/h8-11,13-14H,5-7,12H2,1-4H3/b9-8-. The van der Waals surface area contributed by atoms with Crippen molar-refractivity contribution >= 4 is 0 Å². The smallest absolute Gasteiger partial charge is 0.0215 e. The van der Waals surface area contributed by atoms with Crippen molar-refractivity contribution in [3.05, 3.63) is 47.0 Å². The van der Waals surface area contributed by atoms with E-state index in [1.165, 1.54) is 17.5 Å². The molecule has 0 aliphatic heterocycles. The van der Waals surface area contributed by atoms with Crippen molar-refractivity contribution in [3.63, 3.8) is 0 Å². The second-order valence-electron chi connectivity index (χ2n) is 4.83. The molecular weight excluding hydrogens is 204 g/mol. The zero-order valence-corrected chi connectivity index (χ0v) is 11.8. The Balaban J connectivity index is 2.83. The lowest BCUT2D eigenvalue weighted by atomic mass is 9.93. The van der Waals surface area contributed by atoms with Crippen LogP contribution in [0.25, 0.3) is 0 Å². The molecular formula is C17H26. The number of aryl methyl sites for hydroxylation is 2. The van der Waals surface area contributed by atoms with Gasteiger partial charge < -0.3 is 0 Å². The Morgan fingerprint density at radius 2 is 1.82 bits per heavy atom. The molecule has 0 aromatic heterocycles. The molecule has 94 valence electrons. The first kappa shape index (κ1) is 14.0. The summed E-state index contributed by atoms with van der Waals surface area (Å²) in [6.45, 7) is 8.98. The van der Waals surface area contributed by atoms with Gasteiger partial charge >= 0.3 is 0 Å². The van der Waals surface area contributed by atoms with Crippen LogP contribution in [0.5, 0.6) is 0 Å². The fourth-order valence-electron chi connectivity index (χ4n) is 2.22. The summed E-state index contributed by atoms with van der Waals surface area (Å²) >= 11 is 0. The molecule has 1 unspecified atom stereocenters. The fraction of sp³-hybridized carbons (Fsp3) is 0.529. The Morgan fingerprint density at radius 3 is 2.41 bits per heavy atom. The number of hydrogen-bond donors (Lipinski definition) is 0. The summed E-state index contributed by atoms with van der Waals surface area (Å²) in [5.74, 6) is 0.646. The predicted molar refractivity (Wildman–Crippen MR) is 77.5 cm³/mol. The molecule has 0 radical (unpaired) electrons. The van der Waals surface area contributed by atoms with Crippen molar-refractivity contribution in [2.45, 2.75) is 53.4 Å². The molecule has 0 amide bonds. The Kier molecular flexibility index (Phi) is 6.04. The molecule has 0 heterocycles. The van der Waals surface area contributed by atoms with E-state index in [0.29, 0.717) is 5.92 Å². The van der Waals surface area contributed by atoms with E-state index in [-0.39, 0.29) is 0 Å². The van der Waals surface area contributed by atoms with Gasteiger partial charge in [0.25, 0.3) is 0 Å². The van der Waals surface area contributed by atoms with Crippen LogP contribution in [0.2, 0.25) is 0 Å². The van der Waals surface area contributed by atoms with Crippen LogP contribution in [0.3, 0.4) is 0 Å². The third-order valence-corrected chi connectivity index (χ3v) is 3.30. The first-order valence-corrected chi connectivity index (χ1v) is 6.98. The molecule has 17 heavy (non-hydrogen) atoms. The van der Waals surface area contributed by atoms with Crippen molar-refractivity contribution in [1.82, 2.24) is 0 Å². The van der Waals surface area contributed by atoms with E-state index in [0.717, 1.165) is 19.3 Å². The van der Waals surface area contributed by atoms with Gasteiger partial charge in [-0.3, -0.25) is 0 Å².